The van der Waals surface area contributed by atoms with Crippen LogP contribution >= 0.6 is 27.5 Å². The summed E-state index contributed by atoms with van der Waals surface area (Å²) in [6.07, 6.45) is -2.16. The van der Waals surface area contributed by atoms with Gasteiger partial charge < -0.3 is 9.47 Å². The van der Waals surface area contributed by atoms with E-state index in [0.717, 1.165) is 11.1 Å². The first-order chi connectivity index (χ1) is 11.4. The van der Waals surface area contributed by atoms with Gasteiger partial charge in [0.1, 0.15) is 6.10 Å². The van der Waals surface area contributed by atoms with Crippen molar-refractivity contribution in [2.75, 3.05) is 7.11 Å². The lowest BCUT2D eigenvalue weighted by atomic mass is 10.1. The second-order valence-electron chi connectivity index (χ2n) is 5.28. The summed E-state index contributed by atoms with van der Waals surface area (Å²) in [5.41, 5.74) is 2.34. The molecule has 0 saturated carbocycles. The summed E-state index contributed by atoms with van der Waals surface area (Å²) in [4.78, 5) is 4.08. The molecule has 1 aromatic heterocycles. The van der Waals surface area contributed by atoms with E-state index in [2.05, 4.69) is 20.9 Å². The summed E-state index contributed by atoms with van der Waals surface area (Å²) < 4.78 is 37.8. The molecule has 3 nitrogen and oxygen atoms in total. The molecule has 0 spiro atoms. The van der Waals surface area contributed by atoms with Crippen molar-refractivity contribution in [3.05, 3.63) is 56.6 Å². The van der Waals surface area contributed by atoms with Gasteiger partial charge in [-0.05, 0) is 35.7 Å². The molecule has 0 saturated heterocycles. The fraction of sp³-hybridized carbons (Fsp3) is 0.353. The molecule has 0 aliphatic carbocycles. The number of nitrogens with zero attached hydrogens (tertiary/aromatic N) is 1. The van der Waals surface area contributed by atoms with Crippen LogP contribution in [-0.2, 0) is 17.8 Å². The lowest BCUT2D eigenvalue weighted by molar-refractivity contribution is -0.0628. The average molecular weight is 421 g/mol. The minimum atomic E-state index is -2.60. The van der Waals surface area contributed by atoms with E-state index in [1.807, 2.05) is 6.92 Å². The lowest BCUT2D eigenvalue weighted by Crippen LogP contribution is -2.25. The van der Waals surface area contributed by atoms with Crippen molar-refractivity contribution in [2.45, 2.75) is 32.5 Å². The molecular formula is C17H17BrClF2NO2. The first-order valence-corrected chi connectivity index (χ1v) is 8.41. The highest BCUT2D eigenvalue weighted by Gasteiger charge is 2.23. The monoisotopic (exact) mass is 419 g/mol. The first kappa shape index (κ1) is 19.1. The van der Waals surface area contributed by atoms with Crippen LogP contribution in [-0.4, -0.2) is 24.6 Å². The number of halogens is 4. The van der Waals surface area contributed by atoms with Crippen molar-refractivity contribution in [2.24, 2.45) is 0 Å². The van der Waals surface area contributed by atoms with Crippen molar-refractivity contribution >= 4 is 27.5 Å². The van der Waals surface area contributed by atoms with Gasteiger partial charge in [0.05, 0.1) is 13.7 Å². The standard InChI is InChI=1S/C17H17BrClF2NO2/c1-10-5-16(23-2)22-8-12(10)9-24-15(17(20)21)6-11-3-4-13(19)7-14(11)18/h3-5,7-8,15,17H,6,9H2,1-2H3. The molecule has 0 bridgehead atoms. The third kappa shape index (κ3) is 5.13. The third-order valence-corrected chi connectivity index (χ3v) is 4.55. The highest BCUT2D eigenvalue weighted by Crippen LogP contribution is 2.25. The zero-order valence-electron chi connectivity index (χ0n) is 13.2. The maximum absolute atomic E-state index is 13.3. The highest BCUT2D eigenvalue weighted by atomic mass is 79.9. The predicted octanol–water partition coefficient (Wildman–Crippen LogP) is 5.21. The predicted molar refractivity (Wildman–Crippen MR) is 93.0 cm³/mol. The van der Waals surface area contributed by atoms with Crippen LogP contribution in [0.5, 0.6) is 5.88 Å². The number of methoxy groups -OCH3 is 1. The summed E-state index contributed by atoms with van der Waals surface area (Å²) in [7, 11) is 1.52. The van der Waals surface area contributed by atoms with Crippen LogP contribution in [0.15, 0.2) is 34.9 Å². The molecule has 0 aliphatic rings. The molecule has 2 rings (SSSR count). The van der Waals surface area contributed by atoms with Crippen LogP contribution in [0.2, 0.25) is 5.02 Å². The zero-order valence-corrected chi connectivity index (χ0v) is 15.6. The number of aryl methyl sites for hydroxylation is 1. The molecule has 1 atom stereocenters. The lowest BCUT2D eigenvalue weighted by Gasteiger charge is -2.19. The van der Waals surface area contributed by atoms with Crippen LogP contribution < -0.4 is 4.74 Å². The Morgan fingerprint density at radius 2 is 2.00 bits per heavy atom. The zero-order chi connectivity index (χ0) is 17.7. The van der Waals surface area contributed by atoms with Gasteiger partial charge in [0.25, 0.3) is 6.43 Å². The largest absolute Gasteiger partial charge is 0.481 e. The van der Waals surface area contributed by atoms with E-state index < -0.39 is 12.5 Å². The molecule has 0 amide bonds. The van der Waals surface area contributed by atoms with E-state index in [1.54, 1.807) is 30.5 Å². The normalized spacial score (nSPS) is 12.5. The molecule has 1 aromatic carbocycles. The average Bonchev–Trinajstić information content (AvgIpc) is 2.53. The van der Waals surface area contributed by atoms with E-state index in [0.29, 0.717) is 20.9 Å². The Kier molecular flexibility index (Phi) is 6.95. The van der Waals surface area contributed by atoms with Crippen LogP contribution in [0.1, 0.15) is 16.7 Å². The number of benzene rings is 1. The number of hydrogen-bond acceptors (Lipinski definition) is 3. The second kappa shape index (κ2) is 8.74. The Labute approximate surface area is 153 Å². The van der Waals surface area contributed by atoms with E-state index >= 15 is 0 Å². The summed E-state index contributed by atoms with van der Waals surface area (Å²) in [5, 5.41) is 0.542. The van der Waals surface area contributed by atoms with Crippen LogP contribution in [0, 0.1) is 6.92 Å². The van der Waals surface area contributed by atoms with Gasteiger partial charge in [-0.3, -0.25) is 0 Å². The Morgan fingerprint density at radius 3 is 2.58 bits per heavy atom. The summed E-state index contributed by atoms with van der Waals surface area (Å²) in [6.45, 7) is 1.92. The highest BCUT2D eigenvalue weighted by molar-refractivity contribution is 9.10. The maximum atomic E-state index is 13.3. The minimum absolute atomic E-state index is 0.0586. The van der Waals surface area contributed by atoms with Gasteiger partial charge in [0, 0.05) is 28.2 Å². The van der Waals surface area contributed by atoms with Gasteiger partial charge in [-0.25, -0.2) is 13.8 Å². The van der Waals surface area contributed by atoms with Gasteiger partial charge >= 0.3 is 0 Å². The molecule has 7 heteroatoms. The third-order valence-electron chi connectivity index (χ3n) is 3.57. The van der Waals surface area contributed by atoms with Gasteiger partial charge in [0.2, 0.25) is 5.88 Å². The van der Waals surface area contributed by atoms with Crippen LogP contribution in [0.4, 0.5) is 8.78 Å². The minimum Gasteiger partial charge on any atom is -0.481 e. The smallest absolute Gasteiger partial charge is 0.264 e. The van der Waals surface area contributed by atoms with E-state index in [9.17, 15) is 8.78 Å². The molecule has 2 aromatic rings. The Hall–Kier alpha value is -1.24. The number of hydrogen-bond donors (Lipinski definition) is 0. The summed E-state index contributed by atoms with van der Waals surface area (Å²) in [6, 6.07) is 6.80. The van der Waals surface area contributed by atoms with Gasteiger partial charge in [-0.2, -0.15) is 0 Å². The Balaban J connectivity index is 2.06. The number of pyridine rings is 1. The quantitative estimate of drug-likeness (QED) is 0.616. The molecule has 0 N–H and O–H groups in total. The molecule has 0 fully saturated rings. The van der Waals surface area contributed by atoms with Gasteiger partial charge in [-0.1, -0.05) is 33.6 Å². The SMILES string of the molecule is COc1cc(C)c(COC(Cc2ccc(Cl)cc2Br)C(F)F)cn1. The first-order valence-electron chi connectivity index (χ1n) is 7.24. The molecule has 24 heavy (non-hydrogen) atoms. The van der Waals surface area contributed by atoms with Crippen molar-refractivity contribution in [3.63, 3.8) is 0 Å². The second-order valence-corrected chi connectivity index (χ2v) is 6.57. The van der Waals surface area contributed by atoms with Gasteiger partial charge in [-0.15, -0.1) is 0 Å². The maximum Gasteiger partial charge on any atom is 0.264 e. The summed E-state index contributed by atoms with van der Waals surface area (Å²) in [5.74, 6) is 0.478. The molecule has 0 aliphatic heterocycles. The number of ether oxygens (including phenoxy) is 2. The number of rotatable bonds is 7. The Bertz CT molecular complexity index is 700. The summed E-state index contributed by atoms with van der Waals surface area (Å²) >= 11 is 9.21. The van der Waals surface area contributed by atoms with Crippen molar-refractivity contribution in [1.82, 2.24) is 4.98 Å². The number of aromatic nitrogens is 1. The van der Waals surface area contributed by atoms with Gasteiger partial charge in [0.15, 0.2) is 0 Å². The number of alkyl halides is 2. The molecule has 1 unspecified atom stereocenters. The molecule has 1 heterocycles. The van der Waals surface area contributed by atoms with Crippen molar-refractivity contribution in [3.8, 4) is 5.88 Å². The van der Waals surface area contributed by atoms with Crippen molar-refractivity contribution in [1.29, 1.82) is 0 Å². The fourth-order valence-electron chi connectivity index (χ4n) is 2.14. The molecular weight excluding hydrogens is 404 g/mol. The Morgan fingerprint density at radius 1 is 1.25 bits per heavy atom. The molecule has 0 radical (unpaired) electrons. The van der Waals surface area contributed by atoms with Crippen molar-refractivity contribution < 1.29 is 18.3 Å². The van der Waals surface area contributed by atoms with Crippen LogP contribution in [0.25, 0.3) is 0 Å². The van der Waals surface area contributed by atoms with E-state index in [1.165, 1.54) is 7.11 Å². The van der Waals surface area contributed by atoms with E-state index in [4.69, 9.17) is 21.1 Å². The van der Waals surface area contributed by atoms with Crippen LogP contribution in [0.3, 0.4) is 0 Å². The fourth-order valence-corrected chi connectivity index (χ4v) is 2.99. The van der Waals surface area contributed by atoms with E-state index in [-0.39, 0.29) is 13.0 Å². The molecule has 130 valence electrons. The topological polar surface area (TPSA) is 31.4 Å².